The molecule has 7 nitrogen and oxygen atoms in total. The molecule has 21 heavy (non-hydrogen) atoms. The lowest BCUT2D eigenvalue weighted by molar-refractivity contribution is -0.0132. The average Bonchev–Trinajstić information content (AvgIpc) is 2.50. The van der Waals surface area contributed by atoms with E-state index < -0.39 is 0 Å². The van der Waals surface area contributed by atoms with Crippen LogP contribution < -0.4 is 5.73 Å². The zero-order valence-corrected chi connectivity index (χ0v) is 12.8. The van der Waals surface area contributed by atoms with Gasteiger partial charge in [0.25, 0.3) is 0 Å². The van der Waals surface area contributed by atoms with E-state index in [1.54, 1.807) is 0 Å². The normalized spacial score (nSPS) is 10.7. The van der Waals surface area contributed by atoms with Crippen LogP contribution in [-0.4, -0.2) is 79.2 Å². The van der Waals surface area contributed by atoms with E-state index in [1.807, 2.05) is 0 Å². The van der Waals surface area contributed by atoms with Gasteiger partial charge in [0.15, 0.2) is 0 Å². The van der Waals surface area contributed by atoms with Gasteiger partial charge in [-0.05, 0) is 0 Å². The molecule has 0 aromatic heterocycles. The summed E-state index contributed by atoms with van der Waals surface area (Å²) < 4.78 is 31.3. The van der Waals surface area contributed by atoms with Gasteiger partial charge in [-0.2, -0.15) is 0 Å². The van der Waals surface area contributed by atoms with E-state index in [9.17, 15) is 0 Å². The molecule has 0 heterocycles. The second kappa shape index (κ2) is 19.3. The van der Waals surface area contributed by atoms with Gasteiger partial charge in [0.05, 0.1) is 72.3 Å². The first-order valence-electron chi connectivity index (χ1n) is 7.23. The summed E-state index contributed by atoms with van der Waals surface area (Å²) in [6.45, 7) is 10.0. The molecule has 0 saturated heterocycles. The summed E-state index contributed by atoms with van der Waals surface area (Å²) in [5.41, 5.74) is 5.28. The Kier molecular flexibility index (Phi) is 18.7. The van der Waals surface area contributed by atoms with Crippen LogP contribution >= 0.6 is 0 Å². The van der Waals surface area contributed by atoms with E-state index in [2.05, 4.69) is 6.58 Å². The Morgan fingerprint density at radius 3 is 1.24 bits per heavy atom. The third-order valence-corrected chi connectivity index (χ3v) is 2.21. The molecule has 2 N–H and O–H groups in total. The summed E-state index contributed by atoms with van der Waals surface area (Å²) in [5.74, 6) is 0. The molecule has 126 valence electrons. The predicted octanol–water partition coefficient (Wildman–Crippen LogP) is 0.188. The largest absolute Gasteiger partial charge is 0.499 e. The summed E-state index contributed by atoms with van der Waals surface area (Å²) in [7, 11) is 0. The highest BCUT2D eigenvalue weighted by Crippen LogP contribution is 1.84. The summed E-state index contributed by atoms with van der Waals surface area (Å²) in [6.07, 6.45) is 1.40. The molecule has 0 amide bonds. The van der Waals surface area contributed by atoms with E-state index in [0.717, 1.165) is 0 Å². The molecule has 0 radical (unpaired) electrons. The molecule has 0 atom stereocenters. The topological polar surface area (TPSA) is 81.4 Å². The van der Waals surface area contributed by atoms with Gasteiger partial charge >= 0.3 is 0 Å². The van der Waals surface area contributed by atoms with Gasteiger partial charge in [-0.3, -0.25) is 0 Å². The molecular formula is C14H29NO6. The van der Waals surface area contributed by atoms with Crippen molar-refractivity contribution in [3.8, 4) is 0 Å². The molecular weight excluding hydrogens is 278 g/mol. The van der Waals surface area contributed by atoms with Crippen molar-refractivity contribution in [2.75, 3.05) is 79.2 Å². The molecule has 0 saturated carbocycles. The Labute approximate surface area is 127 Å². The van der Waals surface area contributed by atoms with Crippen LogP contribution in [0.4, 0.5) is 0 Å². The van der Waals surface area contributed by atoms with Crippen molar-refractivity contribution < 1.29 is 28.4 Å². The molecule has 0 aliphatic rings. The van der Waals surface area contributed by atoms with Crippen molar-refractivity contribution >= 4 is 0 Å². The van der Waals surface area contributed by atoms with Crippen LogP contribution in [0.1, 0.15) is 0 Å². The minimum atomic E-state index is 0.518. The Morgan fingerprint density at radius 2 is 0.905 bits per heavy atom. The van der Waals surface area contributed by atoms with E-state index >= 15 is 0 Å². The first kappa shape index (κ1) is 20.3. The molecule has 0 aliphatic heterocycles. The minimum absolute atomic E-state index is 0.518. The molecule has 7 heteroatoms. The fourth-order valence-corrected chi connectivity index (χ4v) is 1.26. The SMILES string of the molecule is C=COCCOCCOCCOCCOCCOCCN. The molecule has 0 bridgehead atoms. The van der Waals surface area contributed by atoms with E-state index in [1.165, 1.54) is 6.26 Å². The maximum absolute atomic E-state index is 5.34. The van der Waals surface area contributed by atoms with Gasteiger partial charge in [0.1, 0.15) is 6.61 Å². The fraction of sp³-hybridized carbons (Fsp3) is 0.857. The summed E-state index contributed by atoms with van der Waals surface area (Å²) in [4.78, 5) is 0. The minimum Gasteiger partial charge on any atom is -0.499 e. The van der Waals surface area contributed by atoms with E-state index in [4.69, 9.17) is 34.2 Å². The van der Waals surface area contributed by atoms with Crippen LogP contribution in [-0.2, 0) is 28.4 Å². The van der Waals surface area contributed by atoms with Crippen molar-refractivity contribution in [3.63, 3.8) is 0 Å². The second-order valence-electron chi connectivity index (χ2n) is 3.89. The van der Waals surface area contributed by atoms with Crippen LogP contribution in [0, 0.1) is 0 Å². The lowest BCUT2D eigenvalue weighted by Crippen LogP contribution is -2.15. The van der Waals surface area contributed by atoms with Gasteiger partial charge in [-0.1, -0.05) is 6.58 Å². The van der Waals surface area contributed by atoms with Crippen LogP contribution in [0.3, 0.4) is 0 Å². The first-order chi connectivity index (χ1) is 10.4. The summed E-state index contributed by atoms with van der Waals surface area (Å²) in [6, 6.07) is 0. The molecule has 0 rings (SSSR count). The van der Waals surface area contributed by atoms with Gasteiger partial charge in [0.2, 0.25) is 0 Å². The quantitative estimate of drug-likeness (QED) is 0.286. The van der Waals surface area contributed by atoms with Crippen LogP contribution in [0.25, 0.3) is 0 Å². The lowest BCUT2D eigenvalue weighted by atomic mass is 10.6. The van der Waals surface area contributed by atoms with Crippen molar-refractivity contribution in [1.29, 1.82) is 0 Å². The van der Waals surface area contributed by atoms with E-state index in [-0.39, 0.29) is 0 Å². The van der Waals surface area contributed by atoms with Crippen molar-refractivity contribution in [2.45, 2.75) is 0 Å². The Bertz CT molecular complexity index is 206. The van der Waals surface area contributed by atoms with Crippen molar-refractivity contribution in [1.82, 2.24) is 0 Å². The second-order valence-corrected chi connectivity index (χ2v) is 3.89. The molecule has 0 aromatic rings. The van der Waals surface area contributed by atoms with Gasteiger partial charge in [-0.25, -0.2) is 0 Å². The lowest BCUT2D eigenvalue weighted by Gasteiger charge is -2.07. The Morgan fingerprint density at radius 1 is 0.571 bits per heavy atom. The third-order valence-electron chi connectivity index (χ3n) is 2.21. The number of rotatable bonds is 18. The van der Waals surface area contributed by atoms with Crippen molar-refractivity contribution in [3.05, 3.63) is 12.8 Å². The van der Waals surface area contributed by atoms with Gasteiger partial charge in [-0.15, -0.1) is 0 Å². The fourth-order valence-electron chi connectivity index (χ4n) is 1.26. The number of nitrogens with two attached hydrogens (primary N) is 1. The standard InChI is InChI=1S/C14H29NO6/c1-2-16-5-6-18-9-10-20-13-14-21-12-11-19-8-7-17-4-3-15/h2H,1,3-15H2. The Balaban J connectivity index is 2.91. The highest BCUT2D eigenvalue weighted by molar-refractivity contribution is 4.47. The number of hydrogen-bond acceptors (Lipinski definition) is 7. The van der Waals surface area contributed by atoms with Crippen LogP contribution in [0.5, 0.6) is 0 Å². The van der Waals surface area contributed by atoms with Gasteiger partial charge < -0.3 is 34.2 Å². The van der Waals surface area contributed by atoms with Crippen LogP contribution in [0.2, 0.25) is 0 Å². The maximum atomic E-state index is 5.34. The summed E-state index contributed by atoms with van der Waals surface area (Å²) >= 11 is 0. The molecule has 0 spiro atoms. The zero-order valence-electron chi connectivity index (χ0n) is 12.8. The molecule has 0 aliphatic carbocycles. The average molecular weight is 307 g/mol. The molecule has 0 aromatic carbocycles. The number of ether oxygens (including phenoxy) is 6. The highest BCUT2D eigenvalue weighted by Gasteiger charge is 1.93. The zero-order chi connectivity index (χ0) is 15.4. The Hall–Kier alpha value is -0.700. The first-order valence-corrected chi connectivity index (χ1v) is 7.23. The maximum Gasteiger partial charge on any atom is 0.111 e. The number of hydrogen-bond donors (Lipinski definition) is 1. The smallest absolute Gasteiger partial charge is 0.111 e. The summed E-state index contributed by atoms with van der Waals surface area (Å²) in [5, 5.41) is 0. The molecule has 0 fully saturated rings. The van der Waals surface area contributed by atoms with Crippen molar-refractivity contribution in [2.24, 2.45) is 5.73 Å². The van der Waals surface area contributed by atoms with Crippen LogP contribution in [0.15, 0.2) is 12.8 Å². The van der Waals surface area contributed by atoms with E-state index in [0.29, 0.717) is 79.2 Å². The highest BCUT2D eigenvalue weighted by atomic mass is 16.6. The molecule has 0 unspecified atom stereocenters. The monoisotopic (exact) mass is 307 g/mol. The van der Waals surface area contributed by atoms with Gasteiger partial charge in [0, 0.05) is 6.54 Å². The predicted molar refractivity (Wildman–Crippen MR) is 79.3 cm³/mol. The third kappa shape index (κ3) is 19.3.